The third-order valence-corrected chi connectivity index (χ3v) is 5.78. The van der Waals surface area contributed by atoms with Crippen LogP contribution in [0.15, 0.2) is 54.7 Å². The molecule has 0 aliphatic carbocycles. The van der Waals surface area contributed by atoms with E-state index in [9.17, 15) is 14.0 Å². The van der Waals surface area contributed by atoms with Gasteiger partial charge in [0.2, 0.25) is 0 Å². The predicted molar refractivity (Wildman–Crippen MR) is 130 cm³/mol. The second-order valence-electron chi connectivity index (χ2n) is 7.82. The molecule has 0 atom stereocenters. The molecule has 180 valence electrons. The van der Waals surface area contributed by atoms with Crippen LogP contribution in [0.5, 0.6) is 0 Å². The lowest BCUT2D eigenvalue weighted by Crippen LogP contribution is -2.14. The van der Waals surface area contributed by atoms with Gasteiger partial charge in [-0.15, -0.1) is 0 Å². The molecule has 0 aliphatic rings. The van der Waals surface area contributed by atoms with Crippen LogP contribution in [0, 0.1) is 19.7 Å². The molecule has 8 nitrogen and oxygen atoms in total. The molecule has 0 bridgehead atoms. The number of amides is 1. The molecule has 0 unspecified atom stereocenters. The van der Waals surface area contributed by atoms with E-state index in [1.807, 2.05) is 6.07 Å². The lowest BCUT2D eigenvalue weighted by atomic mass is 10.2. The molecule has 0 aliphatic heterocycles. The van der Waals surface area contributed by atoms with Crippen molar-refractivity contribution in [3.05, 3.63) is 93.8 Å². The van der Waals surface area contributed by atoms with Crippen molar-refractivity contribution < 1.29 is 18.7 Å². The van der Waals surface area contributed by atoms with Gasteiger partial charge < -0.3 is 10.1 Å². The third kappa shape index (κ3) is 5.09. The fourth-order valence-electron chi connectivity index (χ4n) is 3.67. The molecule has 2 aromatic carbocycles. The van der Waals surface area contributed by atoms with Gasteiger partial charge in [-0.3, -0.25) is 4.79 Å². The first-order chi connectivity index (χ1) is 16.8. The van der Waals surface area contributed by atoms with Crippen LogP contribution in [0.2, 0.25) is 5.15 Å². The summed E-state index contributed by atoms with van der Waals surface area (Å²) < 4.78 is 21.3. The van der Waals surface area contributed by atoms with E-state index in [1.165, 1.54) is 23.0 Å². The average Bonchev–Trinajstić information content (AvgIpc) is 3.34. The van der Waals surface area contributed by atoms with Gasteiger partial charge in [-0.2, -0.15) is 10.2 Å². The van der Waals surface area contributed by atoms with Crippen molar-refractivity contribution in [2.45, 2.75) is 27.3 Å². The average molecular weight is 496 g/mol. The zero-order chi connectivity index (χ0) is 25.1. The molecule has 4 rings (SSSR count). The molecular formula is C25H23ClFN5O3. The summed E-state index contributed by atoms with van der Waals surface area (Å²) in [7, 11) is 0. The maximum absolute atomic E-state index is 13.2. The maximum atomic E-state index is 13.2. The van der Waals surface area contributed by atoms with Crippen LogP contribution in [-0.2, 0) is 11.3 Å². The highest BCUT2D eigenvalue weighted by Crippen LogP contribution is 2.24. The molecular weight excluding hydrogens is 473 g/mol. The minimum Gasteiger partial charge on any atom is -0.462 e. The quantitative estimate of drug-likeness (QED) is 0.366. The second kappa shape index (κ2) is 10.1. The van der Waals surface area contributed by atoms with Gasteiger partial charge in [0.05, 0.1) is 42.0 Å². The fourth-order valence-corrected chi connectivity index (χ4v) is 3.99. The van der Waals surface area contributed by atoms with Crippen molar-refractivity contribution in [3.8, 4) is 5.69 Å². The summed E-state index contributed by atoms with van der Waals surface area (Å²) in [6, 6.07) is 13.0. The topological polar surface area (TPSA) is 91.0 Å². The molecule has 2 aromatic heterocycles. The SMILES string of the molecule is CCOC(=O)c1cnn(-c2cccc(NC(=O)c3c(C)nn(Cc4ccc(F)cc4)c3Cl)c2)c1C. The number of carbonyl (C=O) groups excluding carboxylic acids is 2. The molecule has 1 amide bonds. The van der Waals surface area contributed by atoms with E-state index in [0.29, 0.717) is 34.9 Å². The second-order valence-corrected chi connectivity index (χ2v) is 8.17. The molecule has 2 heterocycles. The maximum Gasteiger partial charge on any atom is 0.341 e. The Kier molecular flexibility index (Phi) is 6.97. The van der Waals surface area contributed by atoms with Crippen molar-refractivity contribution >= 4 is 29.2 Å². The van der Waals surface area contributed by atoms with Crippen LogP contribution >= 0.6 is 11.6 Å². The summed E-state index contributed by atoms with van der Waals surface area (Å²) >= 11 is 6.49. The number of anilines is 1. The summed E-state index contributed by atoms with van der Waals surface area (Å²) in [5, 5.41) is 11.7. The first kappa shape index (κ1) is 24.2. The fraction of sp³-hybridized carbons (Fsp3) is 0.200. The predicted octanol–water partition coefficient (Wildman–Crippen LogP) is 4.96. The molecule has 0 spiro atoms. The van der Waals surface area contributed by atoms with Crippen molar-refractivity contribution in [2.75, 3.05) is 11.9 Å². The van der Waals surface area contributed by atoms with Crippen LogP contribution < -0.4 is 5.32 Å². The molecule has 1 N–H and O–H groups in total. The summed E-state index contributed by atoms with van der Waals surface area (Å²) in [5.74, 6) is -1.19. The normalized spacial score (nSPS) is 10.9. The number of hydrogen-bond acceptors (Lipinski definition) is 5. The van der Waals surface area contributed by atoms with E-state index in [2.05, 4.69) is 15.5 Å². The van der Waals surface area contributed by atoms with E-state index in [1.54, 1.807) is 55.8 Å². The van der Waals surface area contributed by atoms with E-state index in [-0.39, 0.29) is 23.1 Å². The van der Waals surface area contributed by atoms with Gasteiger partial charge in [0.15, 0.2) is 0 Å². The molecule has 0 saturated heterocycles. The monoisotopic (exact) mass is 495 g/mol. The van der Waals surface area contributed by atoms with Gasteiger partial charge in [0, 0.05) is 5.69 Å². The number of ether oxygens (including phenoxy) is 1. The summed E-state index contributed by atoms with van der Waals surface area (Å²) in [6.07, 6.45) is 1.46. The Bertz CT molecular complexity index is 1390. The van der Waals surface area contributed by atoms with Gasteiger partial charge in [0.25, 0.3) is 5.91 Å². The van der Waals surface area contributed by atoms with E-state index in [4.69, 9.17) is 16.3 Å². The number of rotatable bonds is 7. The molecule has 0 saturated carbocycles. The van der Waals surface area contributed by atoms with E-state index in [0.717, 1.165) is 5.56 Å². The zero-order valence-corrected chi connectivity index (χ0v) is 20.1. The lowest BCUT2D eigenvalue weighted by Gasteiger charge is -2.10. The Morgan fingerprint density at radius 1 is 1.14 bits per heavy atom. The summed E-state index contributed by atoms with van der Waals surface area (Å²) in [4.78, 5) is 25.2. The third-order valence-electron chi connectivity index (χ3n) is 5.39. The number of nitrogens with zero attached hydrogens (tertiary/aromatic N) is 4. The number of nitrogens with one attached hydrogen (secondary N) is 1. The van der Waals surface area contributed by atoms with Crippen LogP contribution in [-0.4, -0.2) is 38.0 Å². The van der Waals surface area contributed by atoms with Gasteiger partial charge in [0.1, 0.15) is 16.5 Å². The number of benzene rings is 2. The Labute approximate surface area is 206 Å². The van der Waals surface area contributed by atoms with Gasteiger partial charge in [-0.25, -0.2) is 18.5 Å². The number of halogens is 2. The molecule has 0 radical (unpaired) electrons. The van der Waals surface area contributed by atoms with Gasteiger partial charge in [-0.1, -0.05) is 29.8 Å². The highest BCUT2D eigenvalue weighted by atomic mass is 35.5. The van der Waals surface area contributed by atoms with Crippen molar-refractivity contribution in [3.63, 3.8) is 0 Å². The highest BCUT2D eigenvalue weighted by Gasteiger charge is 2.21. The van der Waals surface area contributed by atoms with E-state index >= 15 is 0 Å². The van der Waals surface area contributed by atoms with E-state index < -0.39 is 11.9 Å². The van der Waals surface area contributed by atoms with Gasteiger partial charge in [-0.05, 0) is 56.7 Å². The standard InChI is InChI=1S/C25H23ClFN5O3/c1-4-35-25(34)21-13-28-32(16(21)3)20-7-5-6-19(12-20)29-24(33)22-15(2)30-31(23(22)26)14-17-8-10-18(27)11-9-17/h5-13H,4,14H2,1-3H3,(H,29,33). The van der Waals surface area contributed by atoms with Gasteiger partial charge >= 0.3 is 5.97 Å². The minimum absolute atomic E-state index is 0.183. The first-order valence-electron chi connectivity index (χ1n) is 10.9. The first-order valence-corrected chi connectivity index (χ1v) is 11.3. The lowest BCUT2D eigenvalue weighted by molar-refractivity contribution is 0.0525. The zero-order valence-electron chi connectivity index (χ0n) is 19.4. The van der Waals surface area contributed by atoms with Crippen molar-refractivity contribution in [2.24, 2.45) is 0 Å². The van der Waals surface area contributed by atoms with Crippen LogP contribution in [0.3, 0.4) is 0 Å². The number of aryl methyl sites for hydroxylation is 1. The van der Waals surface area contributed by atoms with Crippen LogP contribution in [0.25, 0.3) is 5.69 Å². The Balaban J connectivity index is 1.55. The smallest absolute Gasteiger partial charge is 0.341 e. The molecule has 35 heavy (non-hydrogen) atoms. The Morgan fingerprint density at radius 2 is 1.89 bits per heavy atom. The molecule has 4 aromatic rings. The number of hydrogen-bond donors (Lipinski definition) is 1. The largest absolute Gasteiger partial charge is 0.462 e. The highest BCUT2D eigenvalue weighted by molar-refractivity contribution is 6.33. The summed E-state index contributed by atoms with van der Waals surface area (Å²) in [5.41, 5.74) is 3.68. The number of carbonyl (C=O) groups is 2. The van der Waals surface area contributed by atoms with Crippen LogP contribution in [0.1, 0.15) is 44.6 Å². The Morgan fingerprint density at radius 3 is 2.60 bits per heavy atom. The van der Waals surface area contributed by atoms with Crippen molar-refractivity contribution in [1.82, 2.24) is 19.6 Å². The number of aromatic nitrogens is 4. The van der Waals surface area contributed by atoms with Crippen LogP contribution in [0.4, 0.5) is 10.1 Å². The summed E-state index contributed by atoms with van der Waals surface area (Å²) in [6.45, 7) is 5.77. The minimum atomic E-state index is -0.441. The molecule has 10 heteroatoms. The number of esters is 1. The van der Waals surface area contributed by atoms with Crippen molar-refractivity contribution in [1.29, 1.82) is 0 Å². The Hall–Kier alpha value is -3.98. The molecule has 0 fully saturated rings.